The van der Waals surface area contributed by atoms with Crippen LogP contribution < -0.4 is 5.56 Å². The van der Waals surface area contributed by atoms with Crippen molar-refractivity contribution < 1.29 is 0 Å². The van der Waals surface area contributed by atoms with E-state index in [-0.39, 0.29) is 5.56 Å². The molecule has 5 heteroatoms. The summed E-state index contributed by atoms with van der Waals surface area (Å²) >= 11 is 5.41. The van der Waals surface area contributed by atoms with Gasteiger partial charge in [-0.3, -0.25) is 4.79 Å². The van der Waals surface area contributed by atoms with Crippen LogP contribution in [0.1, 0.15) is 0 Å². The molecule has 0 spiro atoms. The Balaban J connectivity index is 3.01. The Hall–Kier alpha value is -0.430. The number of nitrogens with one attached hydrogen (secondary N) is 1. The van der Waals surface area contributed by atoms with Gasteiger partial charge in [-0.25, -0.2) is 5.10 Å². The Labute approximate surface area is 95.8 Å². The smallest absolute Gasteiger partial charge is 0.267 e. The van der Waals surface area contributed by atoms with E-state index in [2.05, 4.69) is 48.7 Å². The van der Waals surface area contributed by atoms with E-state index >= 15 is 0 Å². The molecule has 1 heterocycles. The van der Waals surface area contributed by atoms with Crippen LogP contribution in [0.3, 0.4) is 0 Å². The average molecular weight is 351 g/mol. The lowest BCUT2D eigenvalue weighted by atomic mass is 10.2. The van der Waals surface area contributed by atoms with Crippen molar-refractivity contribution >= 4 is 49.3 Å². The Morgan fingerprint density at radius 1 is 1.38 bits per heavy atom. The first-order chi connectivity index (χ1) is 6.18. The number of aromatic nitrogens is 2. The summed E-state index contributed by atoms with van der Waals surface area (Å²) in [6.45, 7) is 0. The minimum atomic E-state index is -0.156. The van der Waals surface area contributed by atoms with Crippen molar-refractivity contribution in [2.75, 3.05) is 0 Å². The molecule has 2 rings (SSSR count). The van der Waals surface area contributed by atoms with Crippen molar-refractivity contribution in [2.45, 2.75) is 0 Å². The van der Waals surface area contributed by atoms with Crippen molar-refractivity contribution in [3.8, 4) is 0 Å². The highest BCUT2D eigenvalue weighted by Crippen LogP contribution is 2.19. The van der Waals surface area contributed by atoms with Crippen LogP contribution in [0.15, 0.2) is 27.5 Å². The lowest BCUT2D eigenvalue weighted by Gasteiger charge is -1.98. The summed E-state index contributed by atoms with van der Waals surface area (Å²) in [5, 5.41) is 7.85. The predicted octanol–water partition coefficient (Wildman–Crippen LogP) is 2.29. The minimum absolute atomic E-state index is 0.156. The molecule has 0 aliphatic rings. The van der Waals surface area contributed by atoms with Gasteiger partial charge in [0, 0.05) is 9.86 Å². The van der Waals surface area contributed by atoms with Crippen molar-refractivity contribution in [2.24, 2.45) is 0 Å². The first kappa shape index (κ1) is 9.14. The first-order valence-corrected chi connectivity index (χ1v) is 5.39. The van der Waals surface area contributed by atoms with E-state index in [0.717, 1.165) is 13.6 Å². The van der Waals surface area contributed by atoms with E-state index < -0.39 is 0 Å². The Kier molecular flexibility index (Phi) is 2.37. The number of H-pyrrole nitrogens is 1. The monoisotopic (exact) mass is 350 g/mol. The van der Waals surface area contributed by atoms with Crippen LogP contribution in [0.5, 0.6) is 0 Å². The van der Waals surface area contributed by atoms with E-state index in [0.29, 0.717) is 5.39 Å². The van der Waals surface area contributed by atoms with Crippen LogP contribution in [0.25, 0.3) is 10.8 Å². The van der Waals surface area contributed by atoms with E-state index in [4.69, 9.17) is 0 Å². The van der Waals surface area contributed by atoms with Crippen molar-refractivity contribution in [1.29, 1.82) is 0 Å². The maximum absolute atomic E-state index is 11.3. The molecule has 3 nitrogen and oxygen atoms in total. The Morgan fingerprint density at radius 2 is 2.15 bits per heavy atom. The number of fused-ring (bicyclic) bond motifs is 1. The molecular formula is C8H4BrIN2O. The fourth-order valence-corrected chi connectivity index (χ4v) is 2.06. The third-order valence-electron chi connectivity index (χ3n) is 1.70. The van der Waals surface area contributed by atoms with Gasteiger partial charge in [0.05, 0.1) is 5.39 Å². The number of nitrogens with zero attached hydrogens (tertiary/aromatic N) is 1. The zero-order chi connectivity index (χ0) is 9.42. The largest absolute Gasteiger partial charge is 0.272 e. The number of benzene rings is 1. The van der Waals surface area contributed by atoms with Crippen LogP contribution in [0, 0.1) is 3.70 Å². The van der Waals surface area contributed by atoms with Gasteiger partial charge in [0.2, 0.25) is 0 Å². The molecule has 0 unspecified atom stereocenters. The van der Waals surface area contributed by atoms with Gasteiger partial charge >= 0.3 is 0 Å². The SMILES string of the molecule is O=c1[nH]nc(I)c2ccc(Br)cc12. The molecule has 0 aliphatic heterocycles. The number of hydrogen-bond donors (Lipinski definition) is 1. The highest BCUT2D eigenvalue weighted by Gasteiger charge is 2.03. The van der Waals surface area contributed by atoms with Gasteiger partial charge < -0.3 is 0 Å². The van der Waals surface area contributed by atoms with Crippen LogP contribution in [0.4, 0.5) is 0 Å². The molecule has 0 fully saturated rings. The summed E-state index contributed by atoms with van der Waals surface area (Å²) in [5.41, 5.74) is -0.156. The standard InChI is InChI=1S/C8H4BrIN2O/c9-4-1-2-5-6(3-4)8(13)12-11-7(5)10/h1-3H,(H,12,13). The van der Waals surface area contributed by atoms with Crippen LogP contribution >= 0.6 is 38.5 Å². The van der Waals surface area contributed by atoms with E-state index in [1.807, 2.05) is 12.1 Å². The zero-order valence-corrected chi connectivity index (χ0v) is 10.1. The van der Waals surface area contributed by atoms with Gasteiger partial charge in [-0.2, -0.15) is 5.10 Å². The second-order valence-corrected chi connectivity index (χ2v) is 4.47. The first-order valence-electron chi connectivity index (χ1n) is 3.52. The third kappa shape index (κ3) is 1.62. The summed E-state index contributed by atoms with van der Waals surface area (Å²) in [7, 11) is 0. The Bertz CT molecular complexity index is 523. The number of rotatable bonds is 0. The highest BCUT2D eigenvalue weighted by atomic mass is 127. The Morgan fingerprint density at radius 3 is 2.92 bits per heavy atom. The van der Waals surface area contributed by atoms with Gasteiger partial charge in [0.25, 0.3) is 5.56 Å². The number of halogens is 2. The molecule has 13 heavy (non-hydrogen) atoms. The molecule has 0 aliphatic carbocycles. The molecule has 0 bridgehead atoms. The fourth-order valence-electron chi connectivity index (χ4n) is 1.10. The van der Waals surface area contributed by atoms with E-state index in [9.17, 15) is 4.79 Å². The van der Waals surface area contributed by atoms with Crippen molar-refractivity contribution in [1.82, 2.24) is 10.2 Å². The summed E-state index contributed by atoms with van der Waals surface area (Å²) in [5.74, 6) is 0. The van der Waals surface area contributed by atoms with Gasteiger partial charge in [0.1, 0.15) is 3.70 Å². The molecule has 0 saturated heterocycles. The second kappa shape index (κ2) is 3.38. The summed E-state index contributed by atoms with van der Waals surface area (Å²) in [6.07, 6.45) is 0. The molecule has 0 saturated carbocycles. The van der Waals surface area contributed by atoms with Gasteiger partial charge in [-0.05, 0) is 34.7 Å². The quantitative estimate of drug-likeness (QED) is 0.741. The lowest BCUT2D eigenvalue weighted by Crippen LogP contribution is -2.09. The summed E-state index contributed by atoms with van der Waals surface area (Å²) in [4.78, 5) is 11.3. The number of aromatic amines is 1. The normalized spacial score (nSPS) is 10.6. The van der Waals surface area contributed by atoms with Crippen LogP contribution in [-0.2, 0) is 0 Å². The molecule has 2 aromatic rings. The molecular weight excluding hydrogens is 347 g/mol. The average Bonchev–Trinajstić information content (AvgIpc) is 2.12. The molecule has 0 atom stereocenters. The molecule has 1 aromatic carbocycles. The minimum Gasteiger partial charge on any atom is -0.267 e. The molecule has 0 radical (unpaired) electrons. The van der Waals surface area contributed by atoms with E-state index in [1.165, 1.54) is 0 Å². The maximum Gasteiger partial charge on any atom is 0.272 e. The van der Waals surface area contributed by atoms with Gasteiger partial charge in [0.15, 0.2) is 0 Å². The maximum atomic E-state index is 11.3. The van der Waals surface area contributed by atoms with Gasteiger partial charge in [-0.1, -0.05) is 22.0 Å². The molecule has 0 amide bonds. The van der Waals surface area contributed by atoms with Gasteiger partial charge in [-0.15, -0.1) is 0 Å². The second-order valence-electron chi connectivity index (χ2n) is 2.53. The van der Waals surface area contributed by atoms with E-state index in [1.54, 1.807) is 6.07 Å². The van der Waals surface area contributed by atoms with Crippen molar-refractivity contribution in [3.05, 3.63) is 36.7 Å². The lowest BCUT2D eigenvalue weighted by molar-refractivity contribution is 0.987. The van der Waals surface area contributed by atoms with Crippen LogP contribution in [-0.4, -0.2) is 10.2 Å². The summed E-state index contributed by atoms with van der Waals surface area (Å²) in [6, 6.07) is 5.56. The molecule has 1 N–H and O–H groups in total. The molecule has 66 valence electrons. The predicted molar refractivity (Wildman–Crippen MR) is 62.8 cm³/mol. The molecule has 1 aromatic heterocycles. The third-order valence-corrected chi connectivity index (χ3v) is 3.02. The van der Waals surface area contributed by atoms with Crippen LogP contribution in [0.2, 0.25) is 0 Å². The van der Waals surface area contributed by atoms with Crippen molar-refractivity contribution in [3.63, 3.8) is 0 Å². The summed E-state index contributed by atoms with van der Waals surface area (Å²) < 4.78 is 1.70. The zero-order valence-electron chi connectivity index (χ0n) is 6.34. The highest BCUT2D eigenvalue weighted by molar-refractivity contribution is 14.1. The fraction of sp³-hybridized carbons (Fsp3) is 0. The number of hydrogen-bond acceptors (Lipinski definition) is 2. The topological polar surface area (TPSA) is 45.8 Å².